The monoisotopic (exact) mass is 1800 g/mol. The highest BCUT2D eigenvalue weighted by Gasteiger charge is 2.13. The van der Waals surface area contributed by atoms with Crippen LogP contribution in [-0.2, 0) is 16.0 Å². The standard InChI is InChI=1S/2C20H19N.C15H17N.C14H15N.C14H14O.C14H14.C11H16N2O.C9H12.C8H10.C2H6O/c1-16-8-12-19(13-9-16)21(2)20-14-10-18(11-15-20)17-6-4-3-5-7-17;1-16-8-12-19(13-9-16)21(18-6-4-3-5-7-18)20-14-10-17(2)11-15-20;1-12-4-8-14(9-5-12)16(3)15-10-6-13(2)7-11-15;1-12-8-10-14(11-9-12)15(2)13-6-4-3-5-7-13;1-11-3-7-13(8-4-11)15-14-9-5-12(2)6-10-14;1-11-3-7-13(8-4-11)14-9-5-12(2)6-10-14;1-10(14)12-8-9-13(2)11-6-4-3-5-7-11;1-3-9-6-4-8(2)5-7-9;1-7-3-5-8(2)6-4-7;1-3-2/h2*3-15H,1-2H3;4-11H,1-3H3;3-11H,1-2H3;3-10H,1-2H3;3-10H,1-2H3;3-7H,8-9H2,1-2H3,(H,12,14);4-7H,3H2,1-2H3;3-6H,1-2H3;1-2H3. The maximum atomic E-state index is 10.6. The van der Waals surface area contributed by atoms with Gasteiger partial charge in [-0.05, 0) is 270 Å². The van der Waals surface area contributed by atoms with Crippen molar-refractivity contribution in [1.29, 1.82) is 0 Å². The van der Waals surface area contributed by atoms with E-state index in [4.69, 9.17) is 4.74 Å². The smallest absolute Gasteiger partial charge is 0.216 e. The van der Waals surface area contributed by atoms with Gasteiger partial charge in [0.15, 0.2) is 0 Å². The third-order valence-corrected chi connectivity index (χ3v) is 22.3. The lowest BCUT2D eigenvalue weighted by Gasteiger charge is -2.25. The summed E-state index contributed by atoms with van der Waals surface area (Å²) in [4.78, 5) is 21.6. The summed E-state index contributed by atoms with van der Waals surface area (Å²) < 4.78 is 9.94. The molecule has 17 aromatic rings. The normalized spacial score (nSPS) is 9.95. The highest BCUT2D eigenvalue weighted by Crippen LogP contribution is 2.36. The van der Waals surface area contributed by atoms with Gasteiger partial charge in [0.1, 0.15) is 11.5 Å². The first kappa shape index (κ1) is 106. The number of rotatable bonds is 18. The highest BCUT2D eigenvalue weighted by molar-refractivity contribution is 5.77. The molecule has 1 N–H and O–H groups in total. The van der Waals surface area contributed by atoms with Crippen molar-refractivity contribution in [1.82, 2.24) is 5.32 Å². The number of amides is 1. The molecule has 0 radical (unpaired) electrons. The first-order valence-corrected chi connectivity index (χ1v) is 46.8. The lowest BCUT2D eigenvalue weighted by atomic mass is 10.0. The summed E-state index contributed by atoms with van der Waals surface area (Å²) in [7, 11) is 11.5. The van der Waals surface area contributed by atoms with E-state index in [2.05, 4.69) is 492 Å². The van der Waals surface area contributed by atoms with E-state index in [9.17, 15) is 4.79 Å². The van der Waals surface area contributed by atoms with E-state index in [0.29, 0.717) is 6.54 Å². The van der Waals surface area contributed by atoms with Crippen LogP contribution in [0.2, 0.25) is 0 Å². The summed E-state index contributed by atoms with van der Waals surface area (Å²) >= 11 is 0. The first-order valence-electron chi connectivity index (χ1n) is 46.8. The molecule has 0 heterocycles. The molecular formula is C127H142N6O3. The van der Waals surface area contributed by atoms with E-state index in [0.717, 1.165) is 30.2 Å². The van der Waals surface area contributed by atoms with Gasteiger partial charge in [-0.1, -0.05) is 370 Å². The summed E-state index contributed by atoms with van der Waals surface area (Å²) in [6, 6.07) is 152. The van der Waals surface area contributed by atoms with E-state index >= 15 is 0 Å². The van der Waals surface area contributed by atoms with Gasteiger partial charge >= 0.3 is 0 Å². The van der Waals surface area contributed by atoms with Crippen molar-refractivity contribution < 1.29 is 14.3 Å². The number of hydrogen-bond donors (Lipinski definition) is 1. The lowest BCUT2D eigenvalue weighted by molar-refractivity contribution is -0.118. The predicted molar refractivity (Wildman–Crippen MR) is 589 cm³/mol. The molecule has 698 valence electrons. The molecule has 0 atom stereocenters. The Bertz CT molecular complexity index is 5910. The van der Waals surface area contributed by atoms with Gasteiger partial charge in [0.25, 0.3) is 0 Å². The van der Waals surface area contributed by atoms with Gasteiger partial charge in [0, 0.05) is 119 Å². The largest absolute Gasteiger partial charge is 0.457 e. The van der Waals surface area contributed by atoms with Crippen LogP contribution >= 0.6 is 0 Å². The molecule has 0 saturated carbocycles. The number of nitrogens with zero attached hydrogens (tertiary/aromatic N) is 5. The van der Waals surface area contributed by atoms with Crippen LogP contribution in [0.1, 0.15) is 91.7 Å². The Morgan fingerprint density at radius 2 is 0.419 bits per heavy atom. The van der Waals surface area contributed by atoms with Gasteiger partial charge in [-0.25, -0.2) is 0 Å². The van der Waals surface area contributed by atoms with Crippen molar-refractivity contribution in [3.63, 3.8) is 0 Å². The minimum Gasteiger partial charge on any atom is -0.457 e. The lowest BCUT2D eigenvalue weighted by Crippen LogP contribution is -2.31. The van der Waals surface area contributed by atoms with Gasteiger partial charge in [0.05, 0.1) is 0 Å². The van der Waals surface area contributed by atoms with E-state index < -0.39 is 0 Å². The average molecular weight is 1800 g/mol. The van der Waals surface area contributed by atoms with Crippen molar-refractivity contribution in [3.8, 4) is 33.8 Å². The topological polar surface area (TPSA) is 63.8 Å². The number of hydrogen-bond acceptors (Lipinski definition) is 8. The molecule has 0 unspecified atom stereocenters. The van der Waals surface area contributed by atoms with Crippen molar-refractivity contribution in [2.45, 2.75) is 110 Å². The van der Waals surface area contributed by atoms with E-state index in [1.165, 1.54) is 158 Å². The van der Waals surface area contributed by atoms with E-state index in [1.54, 1.807) is 14.2 Å². The second kappa shape index (κ2) is 58.1. The van der Waals surface area contributed by atoms with Gasteiger partial charge in [-0.15, -0.1) is 0 Å². The van der Waals surface area contributed by atoms with Crippen molar-refractivity contribution >= 4 is 62.8 Å². The number of methoxy groups -OCH3 is 1. The minimum atomic E-state index is 0.0199. The zero-order valence-electron chi connectivity index (χ0n) is 84.2. The maximum absolute atomic E-state index is 10.6. The molecule has 0 aliphatic heterocycles. The van der Waals surface area contributed by atoms with Gasteiger partial charge in [-0.2, -0.15) is 0 Å². The van der Waals surface area contributed by atoms with Gasteiger partial charge in [0.2, 0.25) is 5.91 Å². The van der Waals surface area contributed by atoms with Crippen LogP contribution < -0.4 is 34.6 Å². The Morgan fingerprint density at radius 1 is 0.235 bits per heavy atom. The Hall–Kier alpha value is -15.0. The van der Waals surface area contributed by atoms with Crippen molar-refractivity contribution in [2.75, 3.05) is 80.0 Å². The number of anilines is 10. The fraction of sp³-hybridized carbons (Fsp3) is 0.189. The third-order valence-electron chi connectivity index (χ3n) is 22.3. The Kier molecular flexibility index (Phi) is 45.4. The SMILES string of the molecule is CC(=O)NCCN(C)c1ccccc1.CCc1ccc(C)cc1.COC.Cc1ccc(-c2ccc(C)cc2)cc1.Cc1ccc(C)cc1.Cc1ccc(N(C)c2ccc(-c3ccccc3)cc2)cc1.Cc1ccc(N(C)c2ccc(C)cc2)cc1.Cc1ccc(N(C)c2ccccc2)cc1.Cc1ccc(N(c2ccccc2)c2ccc(C)cc2)cc1.Cc1ccc(Oc2ccc(C)cc2)cc1. The van der Waals surface area contributed by atoms with Crippen LogP contribution in [0.4, 0.5) is 56.9 Å². The van der Waals surface area contributed by atoms with E-state index in [1.807, 2.05) is 104 Å². The molecule has 9 nitrogen and oxygen atoms in total. The molecule has 0 aliphatic rings. The maximum Gasteiger partial charge on any atom is 0.216 e. The molecule has 0 fully saturated rings. The average Bonchev–Trinajstić information content (AvgIpc) is 0.817. The zero-order valence-corrected chi connectivity index (χ0v) is 84.2. The van der Waals surface area contributed by atoms with Crippen LogP contribution in [0.3, 0.4) is 0 Å². The molecule has 0 bridgehead atoms. The first-order chi connectivity index (χ1) is 65.6. The summed E-state index contributed by atoms with van der Waals surface area (Å²) in [5.74, 6) is 1.78. The van der Waals surface area contributed by atoms with Crippen LogP contribution in [0.5, 0.6) is 11.5 Å². The molecule has 17 aromatic carbocycles. The molecule has 9 heteroatoms. The summed E-state index contributed by atoms with van der Waals surface area (Å²) in [5, 5.41) is 2.77. The zero-order chi connectivity index (χ0) is 97.9. The second-order valence-corrected chi connectivity index (χ2v) is 34.2. The molecule has 0 spiro atoms. The Balaban J connectivity index is 0.000000189. The van der Waals surface area contributed by atoms with Gasteiger partial charge in [-0.3, -0.25) is 4.79 Å². The van der Waals surface area contributed by atoms with Crippen molar-refractivity contribution in [3.05, 3.63) is 515 Å². The van der Waals surface area contributed by atoms with Gasteiger partial charge < -0.3 is 39.3 Å². The molecule has 136 heavy (non-hydrogen) atoms. The summed E-state index contributed by atoms with van der Waals surface area (Å²) in [5.41, 5.74) is 35.2. The number of likely N-dealkylation sites (N-methyl/N-ethyl adjacent to an activating group) is 1. The van der Waals surface area contributed by atoms with Crippen LogP contribution in [0, 0.1) is 90.0 Å². The molecule has 0 aliphatic carbocycles. The minimum absolute atomic E-state index is 0.0199. The number of ether oxygens (including phenoxy) is 2. The van der Waals surface area contributed by atoms with Crippen LogP contribution in [0.15, 0.2) is 437 Å². The Morgan fingerprint density at radius 3 is 0.684 bits per heavy atom. The molecular weight excluding hydrogens is 1660 g/mol. The molecule has 0 saturated heterocycles. The van der Waals surface area contributed by atoms with E-state index in [-0.39, 0.29) is 5.91 Å². The number of benzene rings is 17. The van der Waals surface area contributed by atoms with Crippen LogP contribution in [0.25, 0.3) is 22.3 Å². The second-order valence-electron chi connectivity index (χ2n) is 34.2. The Labute approximate surface area is 815 Å². The summed E-state index contributed by atoms with van der Waals surface area (Å²) in [6.07, 6.45) is 1.14. The third kappa shape index (κ3) is 38.7. The highest BCUT2D eigenvalue weighted by atomic mass is 16.5. The number of para-hydroxylation sites is 3. The molecule has 0 aromatic heterocycles. The van der Waals surface area contributed by atoms with Crippen molar-refractivity contribution in [2.24, 2.45) is 0 Å². The number of carbonyl (C=O) groups is 1. The fourth-order valence-electron chi connectivity index (χ4n) is 13.6. The number of nitrogens with one attached hydrogen (secondary N) is 1. The number of carbonyl (C=O) groups excluding carboxylic acids is 1. The predicted octanol–water partition coefficient (Wildman–Crippen LogP) is 33.5. The van der Waals surface area contributed by atoms with Crippen LogP contribution in [-0.4, -0.2) is 61.4 Å². The quantitative estimate of drug-likeness (QED) is 0.0912. The molecule has 1 amide bonds. The summed E-state index contributed by atoms with van der Waals surface area (Å²) in [6.45, 7) is 32.5. The molecule has 17 rings (SSSR count). The fourth-order valence-corrected chi connectivity index (χ4v) is 13.6. The number of aryl methyl sites for hydroxylation is 14.